The number of carbonyl (C=O) groups excluding carboxylic acids is 1. The fourth-order valence-electron chi connectivity index (χ4n) is 2.37. The summed E-state index contributed by atoms with van der Waals surface area (Å²) in [5.41, 5.74) is 0. The topological polar surface area (TPSA) is 76.0 Å². The molecule has 0 heterocycles. The molecule has 26 heavy (non-hydrogen) atoms. The predicted molar refractivity (Wildman–Crippen MR) is 109 cm³/mol. The molecule has 0 radical (unpaired) electrons. The van der Waals surface area contributed by atoms with E-state index < -0.39 is 26.5 Å². The van der Waals surface area contributed by atoms with Crippen molar-refractivity contribution in [2.24, 2.45) is 0 Å². The summed E-state index contributed by atoms with van der Waals surface area (Å²) in [5, 5.41) is 20.0. The molecular weight excluding hydrogens is 348 g/mol. The van der Waals surface area contributed by atoms with E-state index in [1.165, 1.54) is 6.08 Å². The van der Waals surface area contributed by atoms with Crippen molar-refractivity contribution in [2.45, 2.75) is 103 Å². The van der Waals surface area contributed by atoms with Crippen LogP contribution in [0.1, 0.15) is 66.7 Å². The highest BCUT2D eigenvalue weighted by molar-refractivity contribution is 6.74. The third-order valence-electron chi connectivity index (χ3n) is 5.02. The maximum absolute atomic E-state index is 11.2. The zero-order valence-corrected chi connectivity index (χ0v) is 18.7. The van der Waals surface area contributed by atoms with Gasteiger partial charge in [-0.25, -0.2) is 4.79 Å². The molecule has 0 rings (SSSR count). The van der Waals surface area contributed by atoms with Gasteiger partial charge in [0.1, 0.15) is 0 Å². The van der Waals surface area contributed by atoms with Crippen LogP contribution in [0.5, 0.6) is 0 Å². The lowest BCUT2D eigenvalue weighted by molar-refractivity contribution is -0.137. The molecule has 0 aliphatic carbocycles. The van der Waals surface area contributed by atoms with E-state index in [-0.39, 0.29) is 11.1 Å². The average molecular weight is 389 g/mol. The standard InChI is InChI=1S/C20H40O5Si/c1-8-24-19(23)15-14-18(22)17(21)13-11-9-10-12-16(2)25-26(6,7)20(3,4)5/h14-18,21-22H,8-13H2,1-7H3/b15-14+/t16-,17-,18-/m1/s1. The number of aliphatic hydroxyl groups is 2. The van der Waals surface area contributed by atoms with Crippen molar-refractivity contribution < 1.29 is 24.2 Å². The van der Waals surface area contributed by atoms with Gasteiger partial charge in [0.05, 0.1) is 18.8 Å². The molecule has 2 N–H and O–H groups in total. The highest BCUT2D eigenvalue weighted by atomic mass is 28.4. The van der Waals surface area contributed by atoms with Crippen molar-refractivity contribution in [3.05, 3.63) is 12.2 Å². The van der Waals surface area contributed by atoms with Gasteiger partial charge in [-0.1, -0.05) is 40.0 Å². The molecule has 0 aliphatic heterocycles. The molecule has 0 aromatic carbocycles. The Kier molecular flexibility index (Phi) is 11.6. The van der Waals surface area contributed by atoms with Gasteiger partial charge in [-0.15, -0.1) is 0 Å². The zero-order chi connectivity index (χ0) is 20.4. The fraction of sp³-hybridized carbons (Fsp3) is 0.850. The zero-order valence-electron chi connectivity index (χ0n) is 17.7. The normalized spacial score (nSPS) is 16.5. The number of hydrogen-bond donors (Lipinski definition) is 2. The SMILES string of the molecule is CCOC(=O)/C=C/[C@@H](O)[C@H](O)CCCCC[C@@H](C)O[Si](C)(C)C(C)(C)C. The number of ether oxygens (including phenoxy) is 1. The highest BCUT2D eigenvalue weighted by Crippen LogP contribution is 2.37. The largest absolute Gasteiger partial charge is 0.463 e. The van der Waals surface area contributed by atoms with E-state index >= 15 is 0 Å². The summed E-state index contributed by atoms with van der Waals surface area (Å²) in [6.07, 6.45) is 5.17. The van der Waals surface area contributed by atoms with Gasteiger partial charge < -0.3 is 19.4 Å². The van der Waals surface area contributed by atoms with E-state index in [0.717, 1.165) is 31.8 Å². The summed E-state index contributed by atoms with van der Waals surface area (Å²) in [6.45, 7) is 15.4. The molecule has 0 saturated carbocycles. The molecular formula is C20H40O5Si. The summed E-state index contributed by atoms with van der Waals surface area (Å²) in [5.74, 6) is -0.505. The molecule has 0 bridgehead atoms. The Morgan fingerprint density at radius 2 is 1.69 bits per heavy atom. The molecule has 0 aromatic rings. The van der Waals surface area contributed by atoms with Gasteiger partial charge in [-0.2, -0.15) is 0 Å². The number of aliphatic hydroxyl groups excluding tert-OH is 2. The summed E-state index contributed by atoms with van der Waals surface area (Å²) in [4.78, 5) is 11.2. The van der Waals surface area contributed by atoms with Crippen molar-refractivity contribution >= 4 is 14.3 Å². The van der Waals surface area contributed by atoms with Gasteiger partial charge in [0.2, 0.25) is 0 Å². The van der Waals surface area contributed by atoms with Crippen LogP contribution in [-0.2, 0) is 14.0 Å². The number of rotatable bonds is 12. The van der Waals surface area contributed by atoms with Gasteiger partial charge in [0.25, 0.3) is 0 Å². The molecule has 3 atom stereocenters. The third-order valence-corrected chi connectivity index (χ3v) is 9.63. The smallest absolute Gasteiger partial charge is 0.330 e. The highest BCUT2D eigenvalue weighted by Gasteiger charge is 2.38. The van der Waals surface area contributed by atoms with Crippen molar-refractivity contribution in [3.63, 3.8) is 0 Å². The average Bonchev–Trinajstić information content (AvgIpc) is 2.50. The molecule has 0 unspecified atom stereocenters. The Morgan fingerprint density at radius 1 is 1.12 bits per heavy atom. The Balaban J connectivity index is 4.00. The van der Waals surface area contributed by atoms with Crippen LogP contribution in [-0.4, -0.2) is 49.4 Å². The number of carbonyl (C=O) groups is 1. The van der Waals surface area contributed by atoms with Crippen molar-refractivity contribution in [1.82, 2.24) is 0 Å². The molecule has 0 saturated heterocycles. The summed E-state index contributed by atoms with van der Waals surface area (Å²) < 4.78 is 11.1. The van der Waals surface area contributed by atoms with Gasteiger partial charge >= 0.3 is 5.97 Å². The van der Waals surface area contributed by atoms with E-state index in [1.54, 1.807) is 6.92 Å². The minimum Gasteiger partial charge on any atom is -0.463 e. The molecule has 0 amide bonds. The minimum atomic E-state index is -1.71. The second-order valence-corrected chi connectivity index (χ2v) is 13.3. The fourth-order valence-corrected chi connectivity index (χ4v) is 3.84. The first-order valence-electron chi connectivity index (χ1n) is 9.79. The maximum atomic E-state index is 11.2. The molecule has 0 spiro atoms. The lowest BCUT2D eigenvalue weighted by Crippen LogP contribution is -2.43. The van der Waals surface area contributed by atoms with Crippen molar-refractivity contribution in [3.8, 4) is 0 Å². The van der Waals surface area contributed by atoms with E-state index in [4.69, 9.17) is 9.16 Å². The van der Waals surface area contributed by atoms with Crippen LogP contribution in [0.3, 0.4) is 0 Å². The first-order valence-corrected chi connectivity index (χ1v) is 12.7. The minimum absolute atomic E-state index is 0.221. The van der Waals surface area contributed by atoms with Crippen LogP contribution in [0, 0.1) is 0 Å². The summed E-state index contributed by atoms with van der Waals surface area (Å²) in [6, 6.07) is 0. The van der Waals surface area contributed by atoms with E-state index in [9.17, 15) is 15.0 Å². The van der Waals surface area contributed by atoms with Crippen LogP contribution < -0.4 is 0 Å². The number of hydrogen-bond acceptors (Lipinski definition) is 5. The van der Waals surface area contributed by atoms with Crippen molar-refractivity contribution in [1.29, 1.82) is 0 Å². The van der Waals surface area contributed by atoms with Crippen molar-refractivity contribution in [2.75, 3.05) is 6.61 Å². The second kappa shape index (κ2) is 11.9. The van der Waals surface area contributed by atoms with Crippen LogP contribution in [0.4, 0.5) is 0 Å². The lowest BCUT2D eigenvalue weighted by atomic mass is 10.0. The number of esters is 1. The molecule has 154 valence electrons. The molecule has 6 heteroatoms. The Hall–Kier alpha value is -0.693. The lowest BCUT2D eigenvalue weighted by Gasteiger charge is -2.38. The molecule has 0 aromatic heterocycles. The van der Waals surface area contributed by atoms with Crippen LogP contribution in [0.2, 0.25) is 18.1 Å². The van der Waals surface area contributed by atoms with Gasteiger partial charge in [-0.3, -0.25) is 0 Å². The van der Waals surface area contributed by atoms with Crippen LogP contribution in [0.25, 0.3) is 0 Å². The Morgan fingerprint density at radius 3 is 2.23 bits per heavy atom. The van der Waals surface area contributed by atoms with E-state index in [0.29, 0.717) is 13.0 Å². The van der Waals surface area contributed by atoms with Gasteiger partial charge in [-0.05, 0) is 50.9 Å². The summed E-state index contributed by atoms with van der Waals surface area (Å²) >= 11 is 0. The van der Waals surface area contributed by atoms with E-state index in [2.05, 4.69) is 40.8 Å². The molecule has 5 nitrogen and oxygen atoms in total. The number of unbranched alkanes of at least 4 members (excludes halogenated alkanes) is 2. The third kappa shape index (κ3) is 10.5. The Labute approximate surface area is 160 Å². The monoisotopic (exact) mass is 388 g/mol. The Bertz CT molecular complexity index is 428. The first-order chi connectivity index (χ1) is 11.9. The molecule has 0 aliphatic rings. The first kappa shape index (κ1) is 25.3. The molecule has 0 fully saturated rings. The van der Waals surface area contributed by atoms with Crippen LogP contribution >= 0.6 is 0 Å². The maximum Gasteiger partial charge on any atom is 0.330 e. The second-order valence-electron chi connectivity index (χ2n) is 8.50. The van der Waals surface area contributed by atoms with Gasteiger partial charge in [0, 0.05) is 12.2 Å². The van der Waals surface area contributed by atoms with E-state index in [1.807, 2.05) is 0 Å². The summed E-state index contributed by atoms with van der Waals surface area (Å²) in [7, 11) is -1.71. The van der Waals surface area contributed by atoms with Gasteiger partial charge in [0.15, 0.2) is 8.32 Å². The quantitative estimate of drug-likeness (QED) is 0.227. The predicted octanol–water partition coefficient (Wildman–Crippen LogP) is 4.19. The van der Waals surface area contributed by atoms with Crippen LogP contribution in [0.15, 0.2) is 12.2 Å².